The second-order valence-corrected chi connectivity index (χ2v) is 8.32. The molecule has 0 aliphatic rings. The summed E-state index contributed by atoms with van der Waals surface area (Å²) in [4.78, 5) is 25.0. The summed E-state index contributed by atoms with van der Waals surface area (Å²) in [5.41, 5.74) is 4.38. The van der Waals surface area contributed by atoms with Crippen LogP contribution in [0.2, 0.25) is 0 Å². The number of carbonyl (C=O) groups is 2. The van der Waals surface area contributed by atoms with Crippen molar-refractivity contribution in [3.8, 4) is 11.5 Å². The maximum absolute atomic E-state index is 12.6. The van der Waals surface area contributed by atoms with Crippen molar-refractivity contribution in [3.63, 3.8) is 0 Å². The third-order valence-corrected chi connectivity index (χ3v) is 5.62. The number of nitrogens with one attached hydrogen (secondary N) is 1. The molecule has 0 aliphatic carbocycles. The van der Waals surface area contributed by atoms with Gasteiger partial charge in [0.2, 0.25) is 5.91 Å². The molecule has 0 saturated heterocycles. The summed E-state index contributed by atoms with van der Waals surface area (Å²) in [6.07, 6.45) is 1.64. The second kappa shape index (κ2) is 10.8. The molecule has 4 aromatic rings. The van der Waals surface area contributed by atoms with Crippen LogP contribution in [0.1, 0.15) is 21.5 Å². The first kappa shape index (κ1) is 23.2. The Bertz CT molecular complexity index is 1360. The largest absolute Gasteiger partial charge is 0.497 e. The van der Waals surface area contributed by atoms with Crippen molar-refractivity contribution in [1.29, 1.82) is 0 Å². The molecule has 4 aromatic carbocycles. The summed E-state index contributed by atoms with van der Waals surface area (Å²) in [5.74, 6) is 0.197. The number of halogens is 1. The van der Waals surface area contributed by atoms with Crippen LogP contribution >= 0.6 is 15.9 Å². The van der Waals surface area contributed by atoms with Gasteiger partial charge < -0.3 is 9.47 Å². The van der Waals surface area contributed by atoms with Crippen LogP contribution in [-0.2, 0) is 11.2 Å². The molecule has 7 heteroatoms. The lowest BCUT2D eigenvalue weighted by molar-refractivity contribution is -0.120. The Kier molecular flexibility index (Phi) is 7.34. The molecule has 0 aromatic heterocycles. The smallest absolute Gasteiger partial charge is 0.343 e. The molecule has 0 fully saturated rings. The number of benzene rings is 4. The van der Waals surface area contributed by atoms with Gasteiger partial charge in [-0.05, 0) is 58.8 Å². The highest BCUT2D eigenvalue weighted by Crippen LogP contribution is 2.23. The van der Waals surface area contributed by atoms with Crippen molar-refractivity contribution in [2.24, 2.45) is 5.10 Å². The summed E-state index contributed by atoms with van der Waals surface area (Å²) < 4.78 is 11.4. The average Bonchev–Trinajstić information content (AvgIpc) is 2.86. The van der Waals surface area contributed by atoms with Crippen molar-refractivity contribution in [1.82, 2.24) is 5.43 Å². The molecule has 1 amide bonds. The van der Waals surface area contributed by atoms with Crippen molar-refractivity contribution >= 4 is 44.8 Å². The molecule has 0 aliphatic heterocycles. The predicted octanol–water partition coefficient (Wildman–Crippen LogP) is 5.52. The monoisotopic (exact) mass is 516 g/mol. The Morgan fingerprint density at radius 3 is 2.53 bits per heavy atom. The quantitative estimate of drug-likeness (QED) is 0.152. The first-order valence-electron chi connectivity index (χ1n) is 10.5. The zero-order valence-corrected chi connectivity index (χ0v) is 19.9. The van der Waals surface area contributed by atoms with Crippen LogP contribution in [0.25, 0.3) is 10.8 Å². The molecule has 0 bridgehead atoms. The highest BCUT2D eigenvalue weighted by atomic mass is 79.9. The number of amides is 1. The van der Waals surface area contributed by atoms with Crippen LogP contribution in [0.15, 0.2) is 94.5 Å². The van der Waals surface area contributed by atoms with E-state index >= 15 is 0 Å². The van der Waals surface area contributed by atoms with Gasteiger partial charge in [0, 0.05) is 10.0 Å². The number of methoxy groups -OCH3 is 1. The van der Waals surface area contributed by atoms with E-state index < -0.39 is 5.97 Å². The molecular formula is C27H21BrN2O4. The molecule has 1 N–H and O–H groups in total. The van der Waals surface area contributed by atoms with Crippen LogP contribution < -0.4 is 14.9 Å². The van der Waals surface area contributed by atoms with E-state index in [0.717, 1.165) is 20.8 Å². The third kappa shape index (κ3) is 5.68. The molecule has 0 atom stereocenters. The first-order chi connectivity index (χ1) is 16.5. The summed E-state index contributed by atoms with van der Waals surface area (Å²) in [7, 11) is 1.56. The summed E-state index contributed by atoms with van der Waals surface area (Å²) in [6, 6.07) is 25.6. The Morgan fingerprint density at radius 2 is 1.74 bits per heavy atom. The lowest BCUT2D eigenvalue weighted by atomic mass is 10.0. The number of hydrogen-bond donors (Lipinski definition) is 1. The van der Waals surface area contributed by atoms with E-state index in [0.29, 0.717) is 22.6 Å². The zero-order chi connectivity index (χ0) is 23.9. The molecule has 6 nitrogen and oxygen atoms in total. The van der Waals surface area contributed by atoms with Gasteiger partial charge in [0.1, 0.15) is 11.5 Å². The highest BCUT2D eigenvalue weighted by molar-refractivity contribution is 9.10. The van der Waals surface area contributed by atoms with Crippen LogP contribution in [0.3, 0.4) is 0 Å². The Morgan fingerprint density at radius 1 is 0.971 bits per heavy atom. The molecule has 4 rings (SSSR count). The molecule has 170 valence electrons. The topological polar surface area (TPSA) is 77.0 Å². The third-order valence-electron chi connectivity index (χ3n) is 5.12. The zero-order valence-electron chi connectivity index (χ0n) is 18.3. The fourth-order valence-electron chi connectivity index (χ4n) is 3.43. The van der Waals surface area contributed by atoms with Gasteiger partial charge in [0.05, 0.1) is 25.3 Å². The summed E-state index contributed by atoms with van der Waals surface area (Å²) in [6.45, 7) is 0. The van der Waals surface area contributed by atoms with Crippen molar-refractivity contribution in [2.75, 3.05) is 7.11 Å². The average molecular weight is 517 g/mol. The van der Waals surface area contributed by atoms with Crippen LogP contribution in [-0.4, -0.2) is 25.2 Å². The van der Waals surface area contributed by atoms with E-state index in [9.17, 15) is 9.59 Å². The molecule has 0 saturated carbocycles. The number of fused-ring (bicyclic) bond motifs is 1. The Hall–Kier alpha value is -3.97. The number of carbonyl (C=O) groups excluding carboxylic acids is 2. The number of ether oxygens (including phenoxy) is 2. The fraction of sp³-hybridized carbons (Fsp3) is 0.0741. The van der Waals surface area contributed by atoms with Gasteiger partial charge in [-0.3, -0.25) is 4.79 Å². The highest BCUT2D eigenvalue weighted by Gasteiger charge is 2.12. The van der Waals surface area contributed by atoms with E-state index in [4.69, 9.17) is 9.47 Å². The maximum Gasteiger partial charge on any atom is 0.343 e. The van der Waals surface area contributed by atoms with E-state index in [-0.39, 0.29) is 12.3 Å². The molecule has 0 unspecified atom stereocenters. The van der Waals surface area contributed by atoms with Gasteiger partial charge in [-0.1, -0.05) is 58.4 Å². The lowest BCUT2D eigenvalue weighted by Crippen LogP contribution is -2.20. The predicted molar refractivity (Wildman–Crippen MR) is 135 cm³/mol. The molecular weight excluding hydrogens is 496 g/mol. The fourth-order valence-corrected chi connectivity index (χ4v) is 3.81. The van der Waals surface area contributed by atoms with Gasteiger partial charge in [-0.2, -0.15) is 5.10 Å². The van der Waals surface area contributed by atoms with E-state index in [1.165, 1.54) is 6.21 Å². The Labute approximate surface area is 205 Å². The van der Waals surface area contributed by atoms with Crippen LogP contribution in [0.5, 0.6) is 11.5 Å². The van der Waals surface area contributed by atoms with Gasteiger partial charge in [0.25, 0.3) is 0 Å². The number of rotatable bonds is 7. The van der Waals surface area contributed by atoms with Crippen molar-refractivity contribution in [3.05, 3.63) is 106 Å². The summed E-state index contributed by atoms with van der Waals surface area (Å²) in [5, 5.41) is 6.18. The molecule has 0 radical (unpaired) electrons. The van der Waals surface area contributed by atoms with Gasteiger partial charge in [0.15, 0.2) is 0 Å². The molecule has 0 spiro atoms. The molecule has 0 heterocycles. The van der Waals surface area contributed by atoms with E-state index in [1.807, 2.05) is 42.5 Å². The Balaban J connectivity index is 1.44. The minimum Gasteiger partial charge on any atom is -0.497 e. The van der Waals surface area contributed by atoms with E-state index in [1.54, 1.807) is 49.6 Å². The number of hydrazone groups is 1. The van der Waals surface area contributed by atoms with Crippen molar-refractivity contribution < 1.29 is 19.1 Å². The SMILES string of the molecule is COc1ccc(C(=O)Oc2ccc(Br)cc2C=NNC(=O)Cc2cccc3ccccc23)cc1. The van der Waals surface area contributed by atoms with Crippen LogP contribution in [0.4, 0.5) is 0 Å². The number of nitrogens with zero attached hydrogens (tertiary/aromatic N) is 1. The molecule has 34 heavy (non-hydrogen) atoms. The maximum atomic E-state index is 12.6. The van der Waals surface area contributed by atoms with Gasteiger partial charge >= 0.3 is 5.97 Å². The number of hydrogen-bond acceptors (Lipinski definition) is 5. The van der Waals surface area contributed by atoms with Crippen molar-refractivity contribution in [2.45, 2.75) is 6.42 Å². The van der Waals surface area contributed by atoms with Gasteiger partial charge in [-0.25, -0.2) is 10.2 Å². The lowest BCUT2D eigenvalue weighted by Gasteiger charge is -2.09. The van der Waals surface area contributed by atoms with Gasteiger partial charge in [-0.15, -0.1) is 0 Å². The number of esters is 1. The minimum absolute atomic E-state index is 0.191. The minimum atomic E-state index is -0.514. The standard InChI is InChI=1S/C27H21BrN2O4/c1-33-23-12-9-19(10-13-23)27(32)34-25-14-11-22(28)15-21(25)17-29-30-26(31)16-20-7-4-6-18-5-2-3-8-24(18)20/h2-15,17H,16H2,1H3,(H,30,31). The van der Waals surface area contributed by atoms with Crippen LogP contribution in [0, 0.1) is 0 Å². The first-order valence-corrected chi connectivity index (χ1v) is 11.3. The second-order valence-electron chi connectivity index (χ2n) is 7.41. The normalized spacial score (nSPS) is 10.9. The summed E-state index contributed by atoms with van der Waals surface area (Å²) >= 11 is 3.41. The van der Waals surface area contributed by atoms with E-state index in [2.05, 4.69) is 26.5 Å².